The number of rotatable bonds is 4. The molecule has 6 nitrogen and oxygen atoms in total. The Morgan fingerprint density at radius 1 is 1.28 bits per heavy atom. The third kappa shape index (κ3) is 3.66. The Hall–Kier alpha value is -2.41. The van der Waals surface area contributed by atoms with E-state index in [0.717, 1.165) is 22.7 Å². The number of hydrogen-bond donors (Lipinski definition) is 1. The summed E-state index contributed by atoms with van der Waals surface area (Å²) in [4.78, 5) is 18.5. The van der Waals surface area contributed by atoms with Gasteiger partial charge < -0.3 is 4.90 Å². The summed E-state index contributed by atoms with van der Waals surface area (Å²) < 4.78 is 0. The second kappa shape index (κ2) is 6.84. The summed E-state index contributed by atoms with van der Waals surface area (Å²) in [6, 6.07) is 7.80. The van der Waals surface area contributed by atoms with Gasteiger partial charge in [-0.1, -0.05) is 26.0 Å². The Kier molecular flexibility index (Phi) is 4.76. The van der Waals surface area contributed by atoms with E-state index in [1.807, 2.05) is 43.3 Å². The number of hydrogen-bond acceptors (Lipinski definition) is 5. The maximum absolute atomic E-state index is 12.4. The Bertz CT molecular complexity index is 805. The minimum absolute atomic E-state index is 0.0814. The summed E-state index contributed by atoms with van der Waals surface area (Å²) >= 11 is 1.38. The molecule has 1 N–H and O–H groups in total. The van der Waals surface area contributed by atoms with Crippen molar-refractivity contribution in [3.63, 3.8) is 0 Å². The van der Waals surface area contributed by atoms with Crippen LogP contribution in [0.2, 0.25) is 0 Å². The number of fused-ring (bicyclic) bond motifs is 1. The number of thioether (sulfide) groups is 1. The van der Waals surface area contributed by atoms with Crippen molar-refractivity contribution in [3.05, 3.63) is 35.4 Å². The van der Waals surface area contributed by atoms with Gasteiger partial charge in [-0.15, -0.1) is 0 Å². The lowest BCUT2D eigenvalue weighted by Gasteiger charge is -2.20. The summed E-state index contributed by atoms with van der Waals surface area (Å²) in [5, 5.41) is 15.6. The van der Waals surface area contributed by atoms with Crippen LogP contribution in [0.25, 0.3) is 6.08 Å². The number of nitrogens with one attached hydrogen (secondary N) is 1. The molecule has 0 saturated heterocycles. The number of aliphatic imine (C=N–C) groups is 1. The largest absolute Gasteiger partial charge is 0.378 e. The average molecular weight is 355 g/mol. The van der Waals surface area contributed by atoms with Gasteiger partial charge in [-0.05, 0) is 41.5 Å². The van der Waals surface area contributed by atoms with Gasteiger partial charge in [-0.3, -0.25) is 10.2 Å². The molecule has 0 atom stereocenters. The SMILES string of the molecule is CC(C)CC1=NN2C(=N)/C(=C/c3ccc(N(C)C)cc3)C(=O)N=C2S1. The Morgan fingerprint density at radius 3 is 2.56 bits per heavy atom. The molecule has 1 aromatic rings. The first-order valence-electron chi connectivity index (χ1n) is 8.11. The second-order valence-electron chi connectivity index (χ2n) is 6.60. The van der Waals surface area contributed by atoms with Crippen molar-refractivity contribution in [2.75, 3.05) is 19.0 Å². The average Bonchev–Trinajstić information content (AvgIpc) is 2.93. The van der Waals surface area contributed by atoms with Crippen LogP contribution in [0.1, 0.15) is 25.8 Å². The maximum Gasteiger partial charge on any atom is 0.283 e. The molecule has 0 saturated carbocycles. The number of amidine groups is 2. The maximum atomic E-state index is 12.4. The number of hydrazone groups is 1. The van der Waals surface area contributed by atoms with Crippen molar-refractivity contribution in [1.29, 1.82) is 5.41 Å². The number of carbonyl (C=O) groups excluding carboxylic acids is 1. The molecular formula is C18H21N5OS. The Morgan fingerprint density at radius 2 is 1.96 bits per heavy atom. The molecule has 2 aliphatic heterocycles. The van der Waals surface area contributed by atoms with E-state index < -0.39 is 0 Å². The van der Waals surface area contributed by atoms with Crippen LogP contribution in [-0.4, -0.2) is 41.1 Å². The van der Waals surface area contributed by atoms with Crippen LogP contribution in [0.3, 0.4) is 0 Å². The van der Waals surface area contributed by atoms with Crippen molar-refractivity contribution in [2.45, 2.75) is 20.3 Å². The van der Waals surface area contributed by atoms with Crippen LogP contribution in [0, 0.1) is 11.3 Å². The lowest BCUT2D eigenvalue weighted by Crippen LogP contribution is -2.35. The van der Waals surface area contributed by atoms with E-state index in [1.54, 1.807) is 6.08 Å². The quantitative estimate of drug-likeness (QED) is 0.840. The highest BCUT2D eigenvalue weighted by molar-refractivity contribution is 8.26. The molecular weight excluding hydrogens is 334 g/mol. The fourth-order valence-corrected chi connectivity index (χ4v) is 3.60. The van der Waals surface area contributed by atoms with E-state index in [4.69, 9.17) is 5.41 Å². The predicted octanol–water partition coefficient (Wildman–Crippen LogP) is 3.42. The topological polar surface area (TPSA) is 72.1 Å². The zero-order chi connectivity index (χ0) is 18.1. The Labute approximate surface area is 151 Å². The molecule has 3 rings (SSSR count). The molecule has 2 heterocycles. The van der Waals surface area contributed by atoms with Gasteiger partial charge in [0, 0.05) is 26.2 Å². The summed E-state index contributed by atoms with van der Waals surface area (Å²) in [6.07, 6.45) is 2.51. The van der Waals surface area contributed by atoms with Crippen molar-refractivity contribution in [2.24, 2.45) is 16.0 Å². The van der Waals surface area contributed by atoms with E-state index in [0.29, 0.717) is 11.1 Å². The number of nitrogens with zero attached hydrogens (tertiary/aromatic N) is 4. The van der Waals surface area contributed by atoms with E-state index >= 15 is 0 Å². The minimum atomic E-state index is -0.388. The first-order chi connectivity index (χ1) is 11.8. The van der Waals surface area contributed by atoms with Gasteiger partial charge in [0.15, 0.2) is 5.84 Å². The molecule has 2 aliphatic rings. The van der Waals surface area contributed by atoms with Gasteiger partial charge in [0.1, 0.15) is 5.04 Å². The molecule has 0 fully saturated rings. The van der Waals surface area contributed by atoms with E-state index in [2.05, 4.69) is 23.9 Å². The first-order valence-corrected chi connectivity index (χ1v) is 8.93. The zero-order valence-corrected chi connectivity index (χ0v) is 15.6. The number of benzene rings is 1. The van der Waals surface area contributed by atoms with E-state index in [-0.39, 0.29) is 17.3 Å². The second-order valence-corrected chi connectivity index (χ2v) is 7.64. The van der Waals surface area contributed by atoms with Crippen molar-refractivity contribution < 1.29 is 4.79 Å². The third-order valence-corrected chi connectivity index (χ3v) is 4.73. The van der Waals surface area contributed by atoms with Gasteiger partial charge in [-0.25, -0.2) is 0 Å². The molecule has 0 unspecified atom stereocenters. The van der Waals surface area contributed by atoms with Crippen LogP contribution in [0.4, 0.5) is 5.69 Å². The highest BCUT2D eigenvalue weighted by atomic mass is 32.2. The number of carbonyl (C=O) groups is 1. The molecule has 0 radical (unpaired) electrons. The predicted molar refractivity (Wildman–Crippen MR) is 105 cm³/mol. The monoisotopic (exact) mass is 355 g/mol. The van der Waals surface area contributed by atoms with Crippen LogP contribution in [-0.2, 0) is 4.79 Å². The summed E-state index contributed by atoms with van der Waals surface area (Å²) in [7, 11) is 3.95. The molecule has 0 spiro atoms. The lowest BCUT2D eigenvalue weighted by atomic mass is 10.1. The first kappa shape index (κ1) is 17.4. The van der Waals surface area contributed by atoms with Crippen molar-refractivity contribution >= 4 is 45.5 Å². The van der Waals surface area contributed by atoms with Crippen LogP contribution in [0.5, 0.6) is 0 Å². The van der Waals surface area contributed by atoms with Gasteiger partial charge in [0.05, 0.1) is 5.57 Å². The molecule has 0 aromatic heterocycles. The molecule has 7 heteroatoms. The van der Waals surface area contributed by atoms with Gasteiger partial charge in [0.2, 0.25) is 5.17 Å². The minimum Gasteiger partial charge on any atom is -0.378 e. The third-order valence-electron chi connectivity index (χ3n) is 3.80. The van der Waals surface area contributed by atoms with Crippen LogP contribution in [0.15, 0.2) is 39.9 Å². The van der Waals surface area contributed by atoms with Crippen molar-refractivity contribution in [1.82, 2.24) is 5.01 Å². The fraction of sp³-hybridized carbons (Fsp3) is 0.333. The number of anilines is 1. The molecule has 130 valence electrons. The number of amides is 1. The normalized spacial score (nSPS) is 18.6. The fourth-order valence-electron chi connectivity index (χ4n) is 2.50. The summed E-state index contributed by atoms with van der Waals surface area (Å²) in [5.74, 6) is 0.155. The lowest BCUT2D eigenvalue weighted by molar-refractivity contribution is -0.114. The standard InChI is InChI=1S/C18H21N5OS/c1-11(2)9-15-21-23-16(19)14(17(24)20-18(23)25-15)10-12-5-7-13(8-6-12)22(3)4/h5-8,10-11,19H,9H2,1-4H3/b14-10-,19-16?. The molecule has 25 heavy (non-hydrogen) atoms. The van der Waals surface area contributed by atoms with Crippen molar-refractivity contribution in [3.8, 4) is 0 Å². The molecule has 0 bridgehead atoms. The smallest absolute Gasteiger partial charge is 0.283 e. The van der Waals surface area contributed by atoms with Gasteiger partial charge in [0.25, 0.3) is 5.91 Å². The Balaban J connectivity index is 1.87. The molecule has 0 aliphatic carbocycles. The summed E-state index contributed by atoms with van der Waals surface area (Å²) in [6.45, 7) is 4.22. The summed E-state index contributed by atoms with van der Waals surface area (Å²) in [5.41, 5.74) is 2.19. The zero-order valence-electron chi connectivity index (χ0n) is 14.8. The van der Waals surface area contributed by atoms with Gasteiger partial charge in [-0.2, -0.15) is 15.1 Å². The molecule has 1 amide bonds. The van der Waals surface area contributed by atoms with Crippen LogP contribution >= 0.6 is 11.8 Å². The molecule has 1 aromatic carbocycles. The highest BCUT2D eigenvalue weighted by Gasteiger charge is 2.35. The van der Waals surface area contributed by atoms with E-state index in [9.17, 15) is 4.79 Å². The van der Waals surface area contributed by atoms with E-state index in [1.165, 1.54) is 16.8 Å². The highest BCUT2D eigenvalue weighted by Crippen LogP contribution is 2.30. The van der Waals surface area contributed by atoms with Crippen LogP contribution < -0.4 is 4.90 Å². The van der Waals surface area contributed by atoms with Gasteiger partial charge >= 0.3 is 0 Å².